The lowest BCUT2D eigenvalue weighted by molar-refractivity contribution is -0.137. The molecule has 1 atom stereocenters. The maximum Gasteiger partial charge on any atom is 0.303 e. The van der Waals surface area contributed by atoms with E-state index >= 15 is 0 Å². The minimum atomic E-state index is -0.813. The van der Waals surface area contributed by atoms with Crippen molar-refractivity contribution in [3.05, 3.63) is 18.0 Å². The molecule has 0 aromatic carbocycles. The molecule has 6 nitrogen and oxygen atoms in total. The van der Waals surface area contributed by atoms with Crippen LogP contribution < -0.4 is 5.32 Å². The van der Waals surface area contributed by atoms with Gasteiger partial charge in [0, 0.05) is 19.2 Å². The van der Waals surface area contributed by atoms with Crippen LogP contribution in [-0.2, 0) is 4.79 Å². The predicted octanol–water partition coefficient (Wildman–Crippen LogP) is 0.640. The van der Waals surface area contributed by atoms with Crippen molar-refractivity contribution in [1.29, 1.82) is 0 Å². The maximum absolute atomic E-state index is 11.4. The highest BCUT2D eigenvalue weighted by Crippen LogP contribution is 2.04. The Morgan fingerprint density at radius 1 is 1.62 bits per heavy atom. The van der Waals surface area contributed by atoms with E-state index in [1.54, 1.807) is 6.07 Å². The molecule has 1 aromatic heterocycles. The highest BCUT2D eigenvalue weighted by molar-refractivity contribution is 5.92. The van der Waals surface area contributed by atoms with Crippen molar-refractivity contribution >= 4 is 11.9 Å². The molecule has 1 heterocycles. The molecule has 0 fully saturated rings. The van der Waals surface area contributed by atoms with Crippen LogP contribution >= 0.6 is 0 Å². The van der Waals surface area contributed by atoms with Crippen LogP contribution in [0.15, 0.2) is 12.3 Å². The van der Waals surface area contributed by atoms with Crippen molar-refractivity contribution < 1.29 is 14.7 Å². The van der Waals surface area contributed by atoms with Gasteiger partial charge in [-0.15, -0.1) is 0 Å². The van der Waals surface area contributed by atoms with Crippen LogP contribution in [0.5, 0.6) is 0 Å². The van der Waals surface area contributed by atoms with E-state index in [1.807, 2.05) is 6.92 Å². The first-order valence-electron chi connectivity index (χ1n) is 5.09. The molecule has 1 rings (SSSR count). The number of carboxylic acids is 1. The molecule has 0 bridgehead atoms. The molecule has 0 aliphatic heterocycles. The van der Waals surface area contributed by atoms with Crippen molar-refractivity contribution in [1.82, 2.24) is 15.5 Å². The van der Waals surface area contributed by atoms with Crippen LogP contribution in [0.2, 0.25) is 0 Å². The average molecular weight is 225 g/mol. The Kier molecular flexibility index (Phi) is 4.50. The number of carboxylic acid groups (broad SMARTS) is 1. The summed E-state index contributed by atoms with van der Waals surface area (Å²) in [6.45, 7) is 2.36. The molecule has 16 heavy (non-hydrogen) atoms. The fourth-order valence-corrected chi connectivity index (χ4v) is 1.22. The number of aromatic amines is 1. The van der Waals surface area contributed by atoms with Crippen molar-refractivity contribution in [2.45, 2.75) is 19.8 Å². The van der Waals surface area contributed by atoms with Crippen LogP contribution in [0.4, 0.5) is 0 Å². The summed E-state index contributed by atoms with van der Waals surface area (Å²) in [4.78, 5) is 21.8. The Labute approximate surface area is 93.1 Å². The summed E-state index contributed by atoms with van der Waals surface area (Å²) >= 11 is 0. The zero-order valence-electron chi connectivity index (χ0n) is 9.06. The second-order valence-electron chi connectivity index (χ2n) is 3.72. The van der Waals surface area contributed by atoms with Crippen LogP contribution in [-0.4, -0.2) is 33.7 Å². The number of aromatic nitrogens is 2. The average Bonchev–Trinajstić information content (AvgIpc) is 2.76. The van der Waals surface area contributed by atoms with Gasteiger partial charge < -0.3 is 10.4 Å². The Balaban J connectivity index is 2.24. The monoisotopic (exact) mass is 225 g/mol. The summed E-state index contributed by atoms with van der Waals surface area (Å²) in [5.74, 6) is -0.894. The Morgan fingerprint density at radius 3 is 2.94 bits per heavy atom. The van der Waals surface area contributed by atoms with E-state index in [0.717, 1.165) is 0 Å². The number of carbonyl (C=O) groups is 2. The Hall–Kier alpha value is -1.85. The predicted molar refractivity (Wildman–Crippen MR) is 57.0 cm³/mol. The van der Waals surface area contributed by atoms with Gasteiger partial charge in [0.25, 0.3) is 5.91 Å². The van der Waals surface area contributed by atoms with Crippen LogP contribution in [0, 0.1) is 5.92 Å². The number of rotatable bonds is 6. The topological polar surface area (TPSA) is 95.1 Å². The van der Waals surface area contributed by atoms with Gasteiger partial charge in [0.15, 0.2) is 0 Å². The number of hydrogen-bond donors (Lipinski definition) is 3. The van der Waals surface area contributed by atoms with E-state index in [9.17, 15) is 9.59 Å². The van der Waals surface area contributed by atoms with E-state index in [0.29, 0.717) is 18.7 Å². The van der Waals surface area contributed by atoms with E-state index in [4.69, 9.17) is 5.11 Å². The molecule has 0 aliphatic rings. The zero-order chi connectivity index (χ0) is 12.0. The van der Waals surface area contributed by atoms with Crippen LogP contribution in [0.3, 0.4) is 0 Å². The molecule has 0 saturated heterocycles. The van der Waals surface area contributed by atoms with Gasteiger partial charge in [-0.3, -0.25) is 14.7 Å². The lowest BCUT2D eigenvalue weighted by atomic mass is 10.1. The minimum Gasteiger partial charge on any atom is -0.481 e. The van der Waals surface area contributed by atoms with Gasteiger partial charge in [0.2, 0.25) is 0 Å². The third-order valence-electron chi connectivity index (χ3n) is 2.21. The minimum absolute atomic E-state index is 0.126. The van der Waals surface area contributed by atoms with Gasteiger partial charge in [0.1, 0.15) is 5.69 Å². The summed E-state index contributed by atoms with van der Waals surface area (Å²) in [5, 5.41) is 17.4. The lowest BCUT2D eigenvalue weighted by Crippen LogP contribution is -2.28. The van der Waals surface area contributed by atoms with E-state index in [2.05, 4.69) is 15.5 Å². The highest BCUT2D eigenvalue weighted by Gasteiger charge is 2.09. The number of nitrogens with zero attached hydrogens (tertiary/aromatic N) is 1. The van der Waals surface area contributed by atoms with Gasteiger partial charge >= 0.3 is 5.97 Å². The van der Waals surface area contributed by atoms with Crippen molar-refractivity contribution in [2.24, 2.45) is 5.92 Å². The number of aliphatic carboxylic acids is 1. The number of nitrogens with one attached hydrogen (secondary N) is 2. The maximum atomic E-state index is 11.4. The standard InChI is InChI=1S/C10H15N3O3/c1-7(2-3-9(14)15)6-11-10(16)8-4-5-12-13-8/h4-5,7H,2-3,6H2,1H3,(H,11,16)(H,12,13)(H,14,15). The third-order valence-corrected chi connectivity index (χ3v) is 2.21. The summed E-state index contributed by atoms with van der Waals surface area (Å²) in [7, 11) is 0. The summed E-state index contributed by atoms with van der Waals surface area (Å²) < 4.78 is 0. The molecule has 0 saturated carbocycles. The Bertz CT molecular complexity index is 348. The second kappa shape index (κ2) is 5.89. The van der Waals surface area contributed by atoms with Gasteiger partial charge in [-0.1, -0.05) is 6.92 Å². The number of H-pyrrole nitrogens is 1. The first kappa shape index (κ1) is 12.2. The van der Waals surface area contributed by atoms with Crippen molar-refractivity contribution in [3.8, 4) is 0 Å². The third kappa shape index (κ3) is 4.12. The number of amides is 1. The molecule has 0 aliphatic carbocycles. The summed E-state index contributed by atoms with van der Waals surface area (Å²) in [5.41, 5.74) is 0.408. The molecule has 0 radical (unpaired) electrons. The van der Waals surface area contributed by atoms with Crippen molar-refractivity contribution in [3.63, 3.8) is 0 Å². The smallest absolute Gasteiger partial charge is 0.303 e. The first-order chi connectivity index (χ1) is 7.59. The molecular formula is C10H15N3O3. The summed E-state index contributed by atoms with van der Waals surface area (Å²) in [6, 6.07) is 1.58. The molecule has 88 valence electrons. The molecule has 1 amide bonds. The summed E-state index contributed by atoms with van der Waals surface area (Å²) in [6.07, 6.45) is 2.18. The molecule has 0 spiro atoms. The normalized spacial score (nSPS) is 12.1. The molecule has 1 aromatic rings. The zero-order valence-corrected chi connectivity index (χ0v) is 9.06. The van der Waals surface area contributed by atoms with Crippen molar-refractivity contribution in [2.75, 3.05) is 6.54 Å². The van der Waals surface area contributed by atoms with E-state index < -0.39 is 5.97 Å². The van der Waals surface area contributed by atoms with Gasteiger partial charge in [-0.25, -0.2) is 0 Å². The van der Waals surface area contributed by atoms with E-state index in [-0.39, 0.29) is 18.2 Å². The van der Waals surface area contributed by atoms with Gasteiger partial charge in [-0.2, -0.15) is 5.10 Å². The SMILES string of the molecule is CC(CCC(=O)O)CNC(=O)c1ccn[nH]1. The fraction of sp³-hybridized carbons (Fsp3) is 0.500. The largest absolute Gasteiger partial charge is 0.481 e. The quantitative estimate of drug-likeness (QED) is 0.662. The van der Waals surface area contributed by atoms with Gasteiger partial charge in [-0.05, 0) is 18.4 Å². The molecule has 3 N–H and O–H groups in total. The lowest BCUT2D eigenvalue weighted by Gasteiger charge is -2.10. The van der Waals surface area contributed by atoms with E-state index in [1.165, 1.54) is 6.20 Å². The first-order valence-corrected chi connectivity index (χ1v) is 5.09. The number of hydrogen-bond acceptors (Lipinski definition) is 3. The molecular weight excluding hydrogens is 210 g/mol. The van der Waals surface area contributed by atoms with Crippen LogP contribution in [0.1, 0.15) is 30.3 Å². The Morgan fingerprint density at radius 2 is 2.38 bits per heavy atom. The highest BCUT2D eigenvalue weighted by atomic mass is 16.4. The fourth-order valence-electron chi connectivity index (χ4n) is 1.22. The number of carbonyl (C=O) groups excluding carboxylic acids is 1. The molecule has 1 unspecified atom stereocenters. The molecule has 6 heteroatoms. The van der Waals surface area contributed by atoms with Gasteiger partial charge in [0.05, 0.1) is 0 Å². The second-order valence-corrected chi connectivity index (χ2v) is 3.72. The van der Waals surface area contributed by atoms with Crippen LogP contribution in [0.25, 0.3) is 0 Å².